The van der Waals surface area contributed by atoms with Crippen LogP contribution in [0.3, 0.4) is 0 Å². The van der Waals surface area contributed by atoms with Crippen molar-refractivity contribution in [2.45, 2.75) is 36.8 Å². The summed E-state index contributed by atoms with van der Waals surface area (Å²) in [5, 5.41) is 47.5. The first-order valence-electron chi connectivity index (χ1n) is 6.49. The molecule has 0 aliphatic carbocycles. The zero-order valence-electron chi connectivity index (χ0n) is 11.1. The maximum atomic E-state index is 9.86. The number of aliphatic hydroxyl groups is 4. The van der Waals surface area contributed by atoms with Gasteiger partial charge >= 0.3 is 0 Å². The Morgan fingerprint density at radius 2 is 1.81 bits per heavy atom. The fraction of sp³-hybridized carbons (Fsp3) is 0.500. The van der Waals surface area contributed by atoms with Crippen LogP contribution in [-0.4, -0.2) is 57.7 Å². The summed E-state index contributed by atoms with van der Waals surface area (Å²) in [5.74, 6) is 0. The van der Waals surface area contributed by atoms with Gasteiger partial charge in [-0.05, 0) is 5.56 Å². The molecule has 7 nitrogen and oxygen atoms in total. The Morgan fingerprint density at radius 1 is 1.14 bits per heavy atom. The van der Waals surface area contributed by atoms with E-state index < -0.39 is 43.4 Å². The molecule has 1 heterocycles. The highest BCUT2D eigenvalue weighted by Gasteiger charge is 2.44. The van der Waals surface area contributed by atoms with Crippen LogP contribution in [0, 0.1) is 11.3 Å². The Bertz CT molecular complexity index is 488. The van der Waals surface area contributed by atoms with Crippen molar-refractivity contribution in [2.75, 3.05) is 6.61 Å². The number of ether oxygens (including phenoxy) is 2. The molecule has 1 fully saturated rings. The van der Waals surface area contributed by atoms with E-state index in [1.165, 1.54) is 0 Å². The fourth-order valence-electron chi connectivity index (χ4n) is 2.13. The number of nitriles is 1. The highest BCUT2D eigenvalue weighted by atomic mass is 16.7. The van der Waals surface area contributed by atoms with Gasteiger partial charge in [0.2, 0.25) is 0 Å². The summed E-state index contributed by atoms with van der Waals surface area (Å²) >= 11 is 0. The second-order valence-corrected chi connectivity index (χ2v) is 4.75. The molecule has 0 saturated carbocycles. The second kappa shape index (κ2) is 6.95. The van der Waals surface area contributed by atoms with Gasteiger partial charge in [-0.25, -0.2) is 0 Å². The minimum absolute atomic E-state index is 0.548. The van der Waals surface area contributed by atoms with Gasteiger partial charge < -0.3 is 29.9 Å². The summed E-state index contributed by atoms with van der Waals surface area (Å²) in [6, 6.07) is 10.5. The first-order valence-corrected chi connectivity index (χ1v) is 6.49. The second-order valence-electron chi connectivity index (χ2n) is 4.75. The van der Waals surface area contributed by atoms with E-state index in [1.54, 1.807) is 30.3 Å². The van der Waals surface area contributed by atoms with Crippen molar-refractivity contribution in [3.8, 4) is 6.07 Å². The SMILES string of the molecule is N#C[C@@H](O[C@@H]1O[C@H](CO)[C@@H](O)[C@@H](O)[C@H]1O)c1ccccc1. The van der Waals surface area contributed by atoms with Crippen LogP contribution in [0.15, 0.2) is 30.3 Å². The van der Waals surface area contributed by atoms with Crippen LogP contribution in [0.5, 0.6) is 0 Å². The first-order chi connectivity index (χ1) is 10.1. The van der Waals surface area contributed by atoms with Crippen LogP contribution in [0.25, 0.3) is 0 Å². The summed E-state index contributed by atoms with van der Waals surface area (Å²) in [6.07, 6.45) is -7.91. The summed E-state index contributed by atoms with van der Waals surface area (Å²) in [6.45, 7) is -0.548. The number of hydrogen-bond donors (Lipinski definition) is 4. The van der Waals surface area contributed by atoms with Gasteiger partial charge in [0, 0.05) is 0 Å². The first kappa shape index (κ1) is 15.9. The lowest BCUT2D eigenvalue weighted by atomic mass is 9.99. The van der Waals surface area contributed by atoms with E-state index in [-0.39, 0.29) is 0 Å². The lowest BCUT2D eigenvalue weighted by molar-refractivity contribution is -0.307. The molecule has 1 aromatic rings. The van der Waals surface area contributed by atoms with E-state index in [2.05, 4.69) is 0 Å². The molecule has 7 heteroatoms. The third-order valence-corrected chi connectivity index (χ3v) is 3.34. The molecule has 0 unspecified atom stereocenters. The van der Waals surface area contributed by atoms with Crippen molar-refractivity contribution in [2.24, 2.45) is 0 Å². The largest absolute Gasteiger partial charge is 0.394 e. The molecule has 0 aromatic heterocycles. The molecule has 0 bridgehead atoms. The van der Waals surface area contributed by atoms with E-state index >= 15 is 0 Å². The van der Waals surface area contributed by atoms with Gasteiger partial charge in [0.15, 0.2) is 12.4 Å². The Morgan fingerprint density at radius 3 is 2.38 bits per heavy atom. The highest BCUT2D eigenvalue weighted by Crippen LogP contribution is 2.27. The molecule has 1 aliphatic rings. The zero-order valence-corrected chi connectivity index (χ0v) is 11.1. The van der Waals surface area contributed by atoms with E-state index in [1.807, 2.05) is 6.07 Å². The van der Waals surface area contributed by atoms with Crippen molar-refractivity contribution < 1.29 is 29.9 Å². The van der Waals surface area contributed by atoms with Gasteiger partial charge in [-0.1, -0.05) is 30.3 Å². The van der Waals surface area contributed by atoms with Crippen molar-refractivity contribution in [1.82, 2.24) is 0 Å². The molecule has 1 aromatic carbocycles. The fourth-order valence-corrected chi connectivity index (χ4v) is 2.13. The topological polar surface area (TPSA) is 123 Å². The maximum absolute atomic E-state index is 9.86. The average Bonchev–Trinajstić information content (AvgIpc) is 2.53. The van der Waals surface area contributed by atoms with E-state index in [0.29, 0.717) is 5.56 Å². The molecule has 4 N–H and O–H groups in total. The lowest BCUT2D eigenvalue weighted by Crippen LogP contribution is -2.59. The van der Waals surface area contributed by atoms with Gasteiger partial charge in [0.25, 0.3) is 0 Å². The quantitative estimate of drug-likeness (QED) is 0.565. The number of rotatable bonds is 4. The Hall–Kier alpha value is -1.53. The van der Waals surface area contributed by atoms with Gasteiger partial charge in [-0.15, -0.1) is 0 Å². The van der Waals surface area contributed by atoms with Gasteiger partial charge in [-0.2, -0.15) is 5.26 Å². The summed E-state index contributed by atoms with van der Waals surface area (Å²) < 4.78 is 10.6. The average molecular weight is 295 g/mol. The summed E-state index contributed by atoms with van der Waals surface area (Å²) in [4.78, 5) is 0. The van der Waals surface area contributed by atoms with Crippen molar-refractivity contribution in [3.63, 3.8) is 0 Å². The molecular weight excluding hydrogens is 278 g/mol. The minimum Gasteiger partial charge on any atom is -0.394 e. The molecule has 1 saturated heterocycles. The molecule has 114 valence electrons. The van der Waals surface area contributed by atoms with E-state index in [4.69, 9.17) is 19.8 Å². The Balaban J connectivity index is 2.12. The summed E-state index contributed by atoms with van der Waals surface area (Å²) in [5.41, 5.74) is 0.567. The molecule has 0 spiro atoms. The van der Waals surface area contributed by atoms with Gasteiger partial charge in [-0.3, -0.25) is 0 Å². The molecule has 6 atom stereocenters. The lowest BCUT2D eigenvalue weighted by Gasteiger charge is -2.40. The number of aliphatic hydroxyl groups excluding tert-OH is 4. The van der Waals surface area contributed by atoms with Gasteiger partial charge in [0.1, 0.15) is 24.4 Å². The van der Waals surface area contributed by atoms with E-state index in [9.17, 15) is 15.3 Å². The standard InChI is InChI=1S/C14H17NO6/c15-6-9(8-4-2-1-3-5-8)20-14-13(19)12(18)11(17)10(7-16)21-14/h1-5,9-14,16-19H,7H2/t9-,10-,11-,12-,13-,14-/m1/s1. The van der Waals surface area contributed by atoms with Crippen LogP contribution >= 0.6 is 0 Å². The molecule has 21 heavy (non-hydrogen) atoms. The highest BCUT2D eigenvalue weighted by molar-refractivity contribution is 5.22. The van der Waals surface area contributed by atoms with Crippen molar-refractivity contribution in [3.05, 3.63) is 35.9 Å². The molecule has 0 radical (unpaired) electrons. The normalized spacial score (nSPS) is 34.1. The van der Waals surface area contributed by atoms with Crippen molar-refractivity contribution >= 4 is 0 Å². The third kappa shape index (κ3) is 3.39. The number of nitrogens with zero attached hydrogens (tertiary/aromatic N) is 1. The van der Waals surface area contributed by atoms with Crippen LogP contribution in [0.2, 0.25) is 0 Å². The Labute approximate surface area is 121 Å². The zero-order chi connectivity index (χ0) is 15.4. The molecular formula is C14H17NO6. The van der Waals surface area contributed by atoms with E-state index in [0.717, 1.165) is 0 Å². The predicted molar refractivity (Wildman–Crippen MR) is 69.6 cm³/mol. The monoisotopic (exact) mass is 295 g/mol. The third-order valence-electron chi connectivity index (χ3n) is 3.34. The number of hydrogen-bond acceptors (Lipinski definition) is 7. The maximum Gasteiger partial charge on any atom is 0.188 e. The van der Waals surface area contributed by atoms with Crippen molar-refractivity contribution in [1.29, 1.82) is 5.26 Å². The van der Waals surface area contributed by atoms with Crippen LogP contribution in [0.1, 0.15) is 11.7 Å². The minimum atomic E-state index is -1.53. The molecule has 2 rings (SSSR count). The van der Waals surface area contributed by atoms with Crippen LogP contribution in [-0.2, 0) is 9.47 Å². The predicted octanol–water partition coefficient (Wildman–Crippen LogP) is -0.932. The Kier molecular flexibility index (Phi) is 5.25. The van der Waals surface area contributed by atoms with Gasteiger partial charge in [0.05, 0.1) is 12.7 Å². The molecule has 0 amide bonds. The number of benzene rings is 1. The summed E-state index contributed by atoms with van der Waals surface area (Å²) in [7, 11) is 0. The molecule has 1 aliphatic heterocycles. The van der Waals surface area contributed by atoms with Crippen LogP contribution in [0.4, 0.5) is 0 Å². The smallest absolute Gasteiger partial charge is 0.188 e. The van der Waals surface area contributed by atoms with Crippen LogP contribution < -0.4 is 0 Å².